The van der Waals surface area contributed by atoms with Gasteiger partial charge in [-0.25, -0.2) is 4.79 Å². The summed E-state index contributed by atoms with van der Waals surface area (Å²) < 4.78 is 10.3. The Morgan fingerprint density at radius 2 is 2.19 bits per heavy atom. The number of rotatable bonds is 5. The minimum Gasteiger partial charge on any atom is -0.452 e. The molecule has 0 unspecified atom stereocenters. The van der Waals surface area contributed by atoms with Gasteiger partial charge in [0.15, 0.2) is 6.61 Å². The maximum absolute atomic E-state index is 12.3. The van der Waals surface area contributed by atoms with Crippen molar-refractivity contribution in [3.8, 4) is 11.4 Å². The number of aromatic nitrogens is 3. The molecular formula is C17H16N4O4S. The second kappa shape index (κ2) is 7.12. The number of hydrogen-bond donors (Lipinski definition) is 1. The molecule has 0 aliphatic carbocycles. The van der Waals surface area contributed by atoms with E-state index in [1.165, 1.54) is 23.6 Å². The van der Waals surface area contributed by atoms with Crippen LogP contribution in [-0.4, -0.2) is 45.0 Å². The molecule has 3 aromatic rings. The quantitative estimate of drug-likeness (QED) is 0.691. The first-order valence-corrected chi connectivity index (χ1v) is 9.15. The monoisotopic (exact) mass is 372 g/mol. The summed E-state index contributed by atoms with van der Waals surface area (Å²) in [5, 5.41) is 7.67. The summed E-state index contributed by atoms with van der Waals surface area (Å²) in [6.45, 7) is 1.37. The van der Waals surface area contributed by atoms with Crippen LogP contribution in [0, 0.1) is 0 Å². The van der Waals surface area contributed by atoms with Crippen LogP contribution in [0.25, 0.3) is 11.4 Å². The van der Waals surface area contributed by atoms with E-state index in [1.54, 1.807) is 4.90 Å². The van der Waals surface area contributed by atoms with Crippen LogP contribution >= 0.6 is 11.3 Å². The molecule has 1 saturated heterocycles. The molecule has 0 saturated carbocycles. The van der Waals surface area contributed by atoms with Gasteiger partial charge in [0.1, 0.15) is 5.69 Å². The van der Waals surface area contributed by atoms with E-state index in [1.807, 2.05) is 16.8 Å². The lowest BCUT2D eigenvalue weighted by Gasteiger charge is -2.13. The van der Waals surface area contributed by atoms with E-state index in [-0.39, 0.29) is 24.0 Å². The van der Waals surface area contributed by atoms with Crippen molar-refractivity contribution in [2.24, 2.45) is 0 Å². The minimum atomic E-state index is -0.558. The third kappa shape index (κ3) is 3.38. The number of amides is 1. The van der Waals surface area contributed by atoms with Gasteiger partial charge in [-0.3, -0.25) is 4.79 Å². The maximum atomic E-state index is 12.3. The number of esters is 1. The molecule has 1 N–H and O–H groups in total. The molecule has 4 heterocycles. The number of nitrogens with zero attached hydrogens (tertiary/aromatic N) is 3. The highest BCUT2D eigenvalue weighted by molar-refractivity contribution is 7.08. The van der Waals surface area contributed by atoms with Crippen molar-refractivity contribution in [2.75, 3.05) is 13.1 Å². The van der Waals surface area contributed by atoms with E-state index in [2.05, 4.69) is 15.1 Å². The van der Waals surface area contributed by atoms with Gasteiger partial charge in [0.05, 0.1) is 5.56 Å². The number of hydrogen-bond acceptors (Lipinski definition) is 7. The van der Waals surface area contributed by atoms with Crippen molar-refractivity contribution < 1.29 is 18.8 Å². The van der Waals surface area contributed by atoms with E-state index < -0.39 is 5.97 Å². The summed E-state index contributed by atoms with van der Waals surface area (Å²) >= 11 is 1.53. The van der Waals surface area contributed by atoms with Crippen LogP contribution in [0.15, 0.2) is 33.6 Å². The predicted molar refractivity (Wildman–Crippen MR) is 92.7 cm³/mol. The van der Waals surface area contributed by atoms with Crippen LogP contribution in [0.5, 0.6) is 0 Å². The van der Waals surface area contributed by atoms with E-state index >= 15 is 0 Å². The number of nitrogens with one attached hydrogen (secondary N) is 1. The molecular weight excluding hydrogens is 356 g/mol. The Morgan fingerprint density at radius 3 is 2.96 bits per heavy atom. The Morgan fingerprint density at radius 1 is 1.35 bits per heavy atom. The largest absolute Gasteiger partial charge is 0.452 e. The second-order valence-electron chi connectivity index (χ2n) is 5.90. The highest BCUT2D eigenvalue weighted by Gasteiger charge is 2.22. The van der Waals surface area contributed by atoms with Crippen molar-refractivity contribution in [3.05, 3.63) is 46.2 Å². The molecule has 8 nitrogen and oxygen atoms in total. The topological polar surface area (TPSA) is 101 Å². The average molecular weight is 372 g/mol. The van der Waals surface area contributed by atoms with Crippen LogP contribution in [0.2, 0.25) is 0 Å². The molecule has 0 bridgehead atoms. The predicted octanol–water partition coefficient (Wildman–Crippen LogP) is 2.72. The molecule has 1 aliphatic heterocycles. The average Bonchev–Trinajstić information content (AvgIpc) is 3.45. The van der Waals surface area contributed by atoms with E-state index in [0.29, 0.717) is 11.5 Å². The summed E-state index contributed by atoms with van der Waals surface area (Å²) in [6.07, 6.45) is 3.49. The summed E-state index contributed by atoms with van der Waals surface area (Å²) in [5.41, 5.74) is 1.52. The summed E-state index contributed by atoms with van der Waals surface area (Å²) in [6, 6.07) is 3.39. The third-order valence-electron chi connectivity index (χ3n) is 4.12. The van der Waals surface area contributed by atoms with Crippen molar-refractivity contribution >= 4 is 23.2 Å². The molecule has 0 radical (unpaired) electrons. The molecule has 0 aromatic carbocycles. The molecule has 9 heteroatoms. The van der Waals surface area contributed by atoms with Crippen LogP contribution in [0.3, 0.4) is 0 Å². The Hall–Kier alpha value is -2.94. The standard InChI is InChI=1S/C17H16N4O4S/c22-16(21-4-1-2-5-21)13-7-12(8-18-13)17(23)24-9-14-19-15(20-25-14)11-3-6-26-10-11/h3,6-8,10,18H,1-2,4-5,9H2. The zero-order valence-electron chi connectivity index (χ0n) is 13.8. The lowest BCUT2D eigenvalue weighted by Crippen LogP contribution is -2.27. The third-order valence-corrected chi connectivity index (χ3v) is 4.80. The summed E-state index contributed by atoms with van der Waals surface area (Å²) in [4.78, 5) is 33.2. The SMILES string of the molecule is O=C(OCc1nc(-c2ccsc2)no1)c1c[nH]c(C(=O)N2CCCC2)c1. The number of carbonyl (C=O) groups excluding carboxylic acids is 2. The van der Waals surface area contributed by atoms with Gasteiger partial charge in [0.25, 0.3) is 11.8 Å². The van der Waals surface area contributed by atoms with Crippen LogP contribution in [0.1, 0.15) is 39.6 Å². The van der Waals surface area contributed by atoms with Gasteiger partial charge in [-0.05, 0) is 30.4 Å². The molecule has 0 atom stereocenters. The lowest BCUT2D eigenvalue weighted by molar-refractivity contribution is 0.0430. The number of likely N-dealkylation sites (tertiary alicyclic amines) is 1. The van der Waals surface area contributed by atoms with Crippen molar-refractivity contribution in [3.63, 3.8) is 0 Å². The highest BCUT2D eigenvalue weighted by Crippen LogP contribution is 2.19. The fourth-order valence-corrected chi connectivity index (χ4v) is 3.39. The molecule has 0 spiro atoms. The highest BCUT2D eigenvalue weighted by atomic mass is 32.1. The Bertz CT molecular complexity index is 909. The normalized spacial score (nSPS) is 13.9. The van der Waals surface area contributed by atoms with Gasteiger partial charge in [0, 0.05) is 30.2 Å². The number of ether oxygens (including phenoxy) is 1. The van der Waals surface area contributed by atoms with Crippen LogP contribution in [-0.2, 0) is 11.3 Å². The molecule has 4 rings (SSSR count). The smallest absolute Gasteiger partial charge is 0.340 e. The van der Waals surface area contributed by atoms with Crippen molar-refractivity contribution in [2.45, 2.75) is 19.4 Å². The van der Waals surface area contributed by atoms with Gasteiger partial charge in [0.2, 0.25) is 5.82 Å². The molecule has 26 heavy (non-hydrogen) atoms. The Balaban J connectivity index is 1.36. The van der Waals surface area contributed by atoms with Gasteiger partial charge in [-0.1, -0.05) is 5.16 Å². The minimum absolute atomic E-state index is 0.0983. The first-order valence-electron chi connectivity index (χ1n) is 8.20. The summed E-state index contributed by atoms with van der Waals surface area (Å²) in [5.74, 6) is 0.0109. The van der Waals surface area contributed by atoms with Gasteiger partial charge < -0.3 is 19.1 Å². The first-order chi connectivity index (χ1) is 12.7. The zero-order valence-corrected chi connectivity index (χ0v) is 14.6. The molecule has 134 valence electrons. The Labute approximate surface area is 152 Å². The summed E-state index contributed by atoms with van der Waals surface area (Å²) in [7, 11) is 0. The van der Waals surface area contributed by atoms with Crippen molar-refractivity contribution in [1.82, 2.24) is 20.0 Å². The van der Waals surface area contributed by atoms with Gasteiger partial charge >= 0.3 is 5.97 Å². The Kier molecular flexibility index (Phi) is 4.53. The van der Waals surface area contributed by atoms with Crippen molar-refractivity contribution in [1.29, 1.82) is 0 Å². The maximum Gasteiger partial charge on any atom is 0.340 e. The van der Waals surface area contributed by atoms with Crippen LogP contribution in [0.4, 0.5) is 0 Å². The fourth-order valence-electron chi connectivity index (χ4n) is 2.76. The number of thiophene rings is 1. The van der Waals surface area contributed by atoms with E-state index in [9.17, 15) is 9.59 Å². The van der Waals surface area contributed by atoms with Crippen LogP contribution < -0.4 is 0 Å². The van der Waals surface area contributed by atoms with E-state index in [0.717, 1.165) is 31.5 Å². The molecule has 1 fully saturated rings. The number of carbonyl (C=O) groups is 2. The lowest BCUT2D eigenvalue weighted by atomic mass is 10.3. The molecule has 3 aromatic heterocycles. The van der Waals surface area contributed by atoms with E-state index in [4.69, 9.17) is 9.26 Å². The number of H-pyrrole nitrogens is 1. The fraction of sp³-hybridized carbons (Fsp3) is 0.294. The second-order valence-corrected chi connectivity index (χ2v) is 6.68. The zero-order chi connectivity index (χ0) is 17.9. The van der Waals surface area contributed by atoms with Gasteiger partial charge in [-0.15, -0.1) is 0 Å². The molecule has 1 aliphatic rings. The molecule has 1 amide bonds. The first kappa shape index (κ1) is 16.5. The van der Waals surface area contributed by atoms with Gasteiger partial charge in [-0.2, -0.15) is 16.3 Å². The number of aromatic amines is 1.